The van der Waals surface area contributed by atoms with Gasteiger partial charge in [0.15, 0.2) is 17.3 Å². The normalized spacial score (nSPS) is 21.2. The molecule has 0 aliphatic carbocycles. The Hall–Kier alpha value is -3.19. The van der Waals surface area contributed by atoms with Crippen LogP contribution in [0.3, 0.4) is 0 Å². The van der Waals surface area contributed by atoms with Crippen LogP contribution >= 0.6 is 0 Å². The van der Waals surface area contributed by atoms with Gasteiger partial charge in [0.25, 0.3) is 0 Å². The number of nitrogens with one attached hydrogen (secondary N) is 1. The Kier molecular flexibility index (Phi) is 6.28. The Bertz CT molecular complexity index is 1040. The molecular weight excluding hydrogens is 410 g/mol. The van der Waals surface area contributed by atoms with Crippen LogP contribution in [0.2, 0.25) is 0 Å². The van der Waals surface area contributed by atoms with Crippen molar-refractivity contribution < 1.29 is 33.7 Å². The third kappa shape index (κ3) is 4.00. The molecule has 2 unspecified atom stereocenters. The predicted molar refractivity (Wildman–Crippen MR) is 118 cm³/mol. The van der Waals surface area contributed by atoms with Crippen molar-refractivity contribution in [1.29, 1.82) is 0 Å². The lowest BCUT2D eigenvalue weighted by molar-refractivity contribution is -0.942. The topological polar surface area (TPSA) is 81.5 Å². The number of piperidine rings is 1. The second-order valence-electron chi connectivity index (χ2n) is 8.30. The van der Waals surface area contributed by atoms with Crippen molar-refractivity contribution in [2.24, 2.45) is 0 Å². The van der Waals surface area contributed by atoms with Crippen molar-refractivity contribution in [3.05, 3.63) is 46.7 Å². The number of allylic oxidation sites excluding steroid dienone is 1. The number of likely N-dealkylation sites (tertiary alicyclic amines) is 1. The lowest BCUT2D eigenvalue weighted by atomic mass is 10.0. The van der Waals surface area contributed by atoms with Crippen molar-refractivity contribution in [1.82, 2.24) is 0 Å². The average molecular weight is 440 g/mol. The molecule has 0 aromatic heterocycles. The molecule has 2 heterocycles. The fourth-order valence-corrected chi connectivity index (χ4v) is 4.54. The van der Waals surface area contributed by atoms with E-state index in [1.54, 1.807) is 24.3 Å². The van der Waals surface area contributed by atoms with Gasteiger partial charge < -0.3 is 29.0 Å². The molecule has 0 bridgehead atoms. The Balaban J connectivity index is 1.68. The third-order valence-electron chi connectivity index (χ3n) is 6.37. The molecule has 32 heavy (non-hydrogen) atoms. The third-order valence-corrected chi connectivity index (χ3v) is 6.37. The summed E-state index contributed by atoms with van der Waals surface area (Å²) in [7, 11) is 4.60. The number of methoxy groups -OCH3 is 3. The maximum Gasteiger partial charge on any atom is 0.231 e. The first-order valence-electron chi connectivity index (χ1n) is 10.9. The molecule has 170 valence electrons. The number of quaternary nitrogens is 1. The minimum absolute atomic E-state index is 0.0872. The number of fused-ring (bicyclic) bond motifs is 1. The highest BCUT2D eigenvalue weighted by atomic mass is 16.5. The molecular formula is C25H29NO6. The summed E-state index contributed by atoms with van der Waals surface area (Å²) in [5.41, 5.74) is 1.67. The lowest BCUT2D eigenvalue weighted by Gasteiger charge is -2.31. The summed E-state index contributed by atoms with van der Waals surface area (Å²) in [6.07, 6.45) is 5.15. The minimum atomic E-state index is -0.239. The number of rotatable bonds is 6. The molecule has 2 aliphatic rings. The van der Waals surface area contributed by atoms with Gasteiger partial charge in [-0.15, -0.1) is 0 Å². The molecule has 2 aromatic carbocycles. The van der Waals surface area contributed by atoms with Crippen molar-refractivity contribution in [3.63, 3.8) is 0 Å². The molecule has 1 fully saturated rings. The number of ether oxygens (including phenoxy) is 4. The molecule has 0 saturated carbocycles. The summed E-state index contributed by atoms with van der Waals surface area (Å²) in [5, 5.41) is 12.7. The fourth-order valence-electron chi connectivity index (χ4n) is 4.54. The second-order valence-corrected chi connectivity index (χ2v) is 8.30. The van der Waals surface area contributed by atoms with Crippen LogP contribution in [-0.4, -0.2) is 39.7 Å². The van der Waals surface area contributed by atoms with E-state index in [4.69, 9.17) is 18.9 Å². The van der Waals surface area contributed by atoms with Gasteiger partial charge in [0.05, 0.1) is 39.5 Å². The van der Waals surface area contributed by atoms with E-state index >= 15 is 0 Å². The SMILES string of the molecule is COc1cc(C=C2Oc3c(ccc([O-])c3C[NH+]3CCCCC3C)C2=O)cc(OC)c1OC. The Morgan fingerprint density at radius 3 is 2.47 bits per heavy atom. The largest absolute Gasteiger partial charge is 0.872 e. The number of carbonyl (C=O) groups is 1. The van der Waals surface area contributed by atoms with Gasteiger partial charge in [-0.1, -0.05) is 11.8 Å². The lowest BCUT2D eigenvalue weighted by Crippen LogP contribution is -3.14. The first-order chi connectivity index (χ1) is 15.5. The van der Waals surface area contributed by atoms with E-state index in [2.05, 4.69) is 6.92 Å². The highest BCUT2D eigenvalue weighted by Crippen LogP contribution is 2.41. The van der Waals surface area contributed by atoms with Gasteiger partial charge in [0.2, 0.25) is 11.5 Å². The van der Waals surface area contributed by atoms with Gasteiger partial charge in [-0.3, -0.25) is 4.79 Å². The van der Waals surface area contributed by atoms with Crippen LogP contribution in [0.25, 0.3) is 6.08 Å². The summed E-state index contributed by atoms with van der Waals surface area (Å²) in [6, 6.07) is 7.01. The smallest absolute Gasteiger partial charge is 0.231 e. The van der Waals surface area contributed by atoms with Gasteiger partial charge in [0.1, 0.15) is 12.3 Å². The Labute approximate surface area is 188 Å². The fraction of sp³-hybridized carbons (Fsp3) is 0.400. The minimum Gasteiger partial charge on any atom is -0.872 e. The van der Waals surface area contributed by atoms with E-state index in [1.165, 1.54) is 38.7 Å². The number of hydrogen-bond acceptors (Lipinski definition) is 6. The summed E-state index contributed by atoms with van der Waals surface area (Å²) in [6.45, 7) is 3.80. The first-order valence-corrected chi connectivity index (χ1v) is 10.9. The van der Waals surface area contributed by atoms with Crippen LogP contribution in [-0.2, 0) is 6.54 Å². The van der Waals surface area contributed by atoms with Crippen LogP contribution in [0.1, 0.15) is 47.7 Å². The van der Waals surface area contributed by atoms with Gasteiger partial charge in [-0.2, -0.15) is 0 Å². The summed E-state index contributed by atoms with van der Waals surface area (Å²) >= 11 is 0. The zero-order valence-electron chi connectivity index (χ0n) is 18.9. The molecule has 7 heteroatoms. The molecule has 2 aromatic rings. The highest BCUT2D eigenvalue weighted by Gasteiger charge is 2.32. The van der Waals surface area contributed by atoms with Crippen molar-refractivity contribution in [2.45, 2.75) is 38.8 Å². The standard InChI is InChI=1S/C25H29NO6/c1-15-7-5-6-10-26(15)14-18-19(27)9-8-17-23(28)20(32-24(17)18)11-16-12-21(29-2)25(31-4)22(13-16)30-3/h8-9,11-13,15,27H,5-7,10,14H2,1-4H3. The van der Waals surface area contributed by atoms with E-state index in [1.807, 2.05) is 0 Å². The van der Waals surface area contributed by atoms with Crippen molar-refractivity contribution in [2.75, 3.05) is 27.9 Å². The van der Waals surface area contributed by atoms with E-state index in [9.17, 15) is 9.90 Å². The van der Waals surface area contributed by atoms with Crippen molar-refractivity contribution in [3.8, 4) is 28.7 Å². The highest BCUT2D eigenvalue weighted by molar-refractivity contribution is 6.15. The van der Waals surface area contributed by atoms with Crippen LogP contribution in [0.5, 0.6) is 28.7 Å². The number of carbonyl (C=O) groups excluding carboxylic acids is 1. The Morgan fingerprint density at radius 1 is 1.12 bits per heavy atom. The zero-order valence-corrected chi connectivity index (χ0v) is 18.9. The first kappa shape index (κ1) is 22.0. The summed E-state index contributed by atoms with van der Waals surface area (Å²) in [5.74, 6) is 1.66. The quantitative estimate of drug-likeness (QED) is 0.696. The molecule has 0 spiro atoms. The van der Waals surface area contributed by atoms with Gasteiger partial charge >= 0.3 is 0 Å². The second kappa shape index (κ2) is 9.12. The van der Waals surface area contributed by atoms with E-state index < -0.39 is 0 Å². The molecule has 0 radical (unpaired) electrons. The summed E-state index contributed by atoms with van der Waals surface area (Å²) in [4.78, 5) is 14.4. The van der Waals surface area contributed by atoms with Crippen LogP contribution < -0.4 is 29.0 Å². The van der Waals surface area contributed by atoms with E-state index in [-0.39, 0.29) is 17.3 Å². The van der Waals surface area contributed by atoms with Crippen LogP contribution in [0.15, 0.2) is 30.0 Å². The average Bonchev–Trinajstić information content (AvgIpc) is 3.11. The molecule has 0 amide bonds. The molecule has 2 atom stereocenters. The molecule has 7 nitrogen and oxygen atoms in total. The zero-order chi connectivity index (χ0) is 22.8. The molecule has 2 aliphatic heterocycles. The van der Waals surface area contributed by atoms with Gasteiger partial charge in [-0.05, 0) is 56.0 Å². The van der Waals surface area contributed by atoms with Crippen LogP contribution in [0.4, 0.5) is 0 Å². The van der Waals surface area contributed by atoms with Gasteiger partial charge in [-0.25, -0.2) is 0 Å². The van der Waals surface area contributed by atoms with Crippen molar-refractivity contribution >= 4 is 11.9 Å². The number of Topliss-reactive ketones (excluding diaryl/α,β-unsaturated/α-hetero) is 1. The molecule has 1 N–H and O–H groups in total. The number of hydrogen-bond donors (Lipinski definition) is 1. The Morgan fingerprint density at radius 2 is 1.84 bits per heavy atom. The van der Waals surface area contributed by atoms with Crippen LogP contribution in [0, 0.1) is 0 Å². The van der Waals surface area contributed by atoms with E-state index in [0.717, 1.165) is 19.4 Å². The summed E-state index contributed by atoms with van der Waals surface area (Å²) < 4.78 is 22.2. The molecule has 4 rings (SSSR count). The number of benzene rings is 2. The predicted octanol–water partition coefficient (Wildman–Crippen LogP) is 2.36. The number of ketones is 1. The maximum atomic E-state index is 13.1. The van der Waals surface area contributed by atoms with E-state index in [0.29, 0.717) is 52.3 Å². The molecule has 1 saturated heterocycles. The van der Waals surface area contributed by atoms with Gasteiger partial charge in [0, 0.05) is 5.56 Å². The monoisotopic (exact) mass is 439 g/mol. The maximum absolute atomic E-state index is 13.1.